The summed E-state index contributed by atoms with van der Waals surface area (Å²) in [6.45, 7) is 9.54. The molecule has 0 amide bonds. The van der Waals surface area contributed by atoms with Crippen molar-refractivity contribution < 1.29 is 0 Å². The van der Waals surface area contributed by atoms with Crippen molar-refractivity contribution in [3.8, 4) is 0 Å². The third kappa shape index (κ3) is 4.13. The standard InChI is InChI=1S/C19H19N.C2H5N/c1-13-4-7-16(8-5-13)9-11-18-15(3)17-10-6-14(2)12-19(17)20-18;1-2-3/h4-12,20H,1-3H3;2H,1,3H2/b11-9+;. The average Bonchev–Trinajstić information content (AvgIpc) is 2.83. The lowest BCUT2D eigenvalue weighted by molar-refractivity contribution is 1.37. The summed E-state index contributed by atoms with van der Waals surface area (Å²) in [6, 6.07) is 15.1. The minimum Gasteiger partial charge on any atom is -0.405 e. The van der Waals surface area contributed by atoms with Crippen molar-refractivity contribution in [1.29, 1.82) is 0 Å². The molecule has 0 aliphatic carbocycles. The summed E-state index contributed by atoms with van der Waals surface area (Å²) in [7, 11) is 0. The highest BCUT2D eigenvalue weighted by molar-refractivity contribution is 5.88. The van der Waals surface area contributed by atoms with E-state index in [2.05, 4.69) is 92.7 Å². The van der Waals surface area contributed by atoms with Gasteiger partial charge in [0.1, 0.15) is 0 Å². The monoisotopic (exact) mass is 304 g/mol. The molecule has 1 heterocycles. The van der Waals surface area contributed by atoms with Crippen molar-refractivity contribution in [3.63, 3.8) is 0 Å². The van der Waals surface area contributed by atoms with Gasteiger partial charge >= 0.3 is 0 Å². The molecule has 0 bridgehead atoms. The van der Waals surface area contributed by atoms with Crippen LogP contribution in [-0.4, -0.2) is 4.98 Å². The van der Waals surface area contributed by atoms with Crippen LogP contribution in [0.3, 0.4) is 0 Å². The number of rotatable bonds is 2. The van der Waals surface area contributed by atoms with Gasteiger partial charge in [-0.1, -0.05) is 54.6 Å². The Kier molecular flexibility index (Phi) is 5.42. The topological polar surface area (TPSA) is 41.8 Å². The number of nitrogens with one attached hydrogen (secondary N) is 1. The molecule has 0 atom stereocenters. The van der Waals surface area contributed by atoms with Crippen LogP contribution in [-0.2, 0) is 0 Å². The van der Waals surface area contributed by atoms with Crippen LogP contribution in [0.4, 0.5) is 0 Å². The second kappa shape index (κ2) is 7.50. The van der Waals surface area contributed by atoms with Crippen molar-refractivity contribution in [2.24, 2.45) is 5.73 Å². The van der Waals surface area contributed by atoms with Crippen LogP contribution in [0.2, 0.25) is 0 Å². The van der Waals surface area contributed by atoms with Gasteiger partial charge < -0.3 is 10.7 Å². The molecule has 0 aliphatic rings. The molecule has 3 aromatic rings. The van der Waals surface area contributed by atoms with E-state index in [4.69, 9.17) is 0 Å². The minimum atomic E-state index is 1.19. The maximum atomic E-state index is 4.61. The molecular weight excluding hydrogens is 280 g/mol. The molecule has 2 nitrogen and oxygen atoms in total. The smallest absolute Gasteiger partial charge is 0.0464 e. The van der Waals surface area contributed by atoms with Gasteiger partial charge in [-0.25, -0.2) is 0 Å². The largest absolute Gasteiger partial charge is 0.405 e. The number of benzene rings is 2. The molecule has 3 N–H and O–H groups in total. The maximum Gasteiger partial charge on any atom is 0.0464 e. The fourth-order valence-corrected chi connectivity index (χ4v) is 2.50. The third-order valence-electron chi connectivity index (χ3n) is 3.77. The maximum absolute atomic E-state index is 4.61. The van der Waals surface area contributed by atoms with E-state index in [1.54, 1.807) is 0 Å². The summed E-state index contributed by atoms with van der Waals surface area (Å²) in [5, 5.41) is 1.30. The minimum absolute atomic E-state index is 1.19. The lowest BCUT2D eigenvalue weighted by Gasteiger charge is -1.95. The van der Waals surface area contributed by atoms with E-state index >= 15 is 0 Å². The molecule has 0 aliphatic heterocycles. The lowest BCUT2D eigenvalue weighted by atomic mass is 10.1. The van der Waals surface area contributed by atoms with Gasteiger partial charge in [-0.15, -0.1) is 0 Å². The predicted molar refractivity (Wildman–Crippen MR) is 102 cm³/mol. The van der Waals surface area contributed by atoms with Crippen LogP contribution in [0.25, 0.3) is 23.1 Å². The molecule has 1 aromatic heterocycles. The molecule has 0 fully saturated rings. The summed E-state index contributed by atoms with van der Waals surface area (Å²) < 4.78 is 0. The zero-order chi connectivity index (χ0) is 16.8. The highest BCUT2D eigenvalue weighted by Crippen LogP contribution is 2.24. The van der Waals surface area contributed by atoms with Gasteiger partial charge in [0.2, 0.25) is 0 Å². The predicted octanol–water partition coefficient (Wildman–Crippen LogP) is 5.35. The van der Waals surface area contributed by atoms with Crippen LogP contribution < -0.4 is 5.73 Å². The quantitative estimate of drug-likeness (QED) is 0.658. The highest BCUT2D eigenvalue weighted by atomic mass is 14.7. The van der Waals surface area contributed by atoms with Crippen molar-refractivity contribution in [2.45, 2.75) is 20.8 Å². The zero-order valence-electron chi connectivity index (χ0n) is 14.1. The molecule has 3 rings (SSSR count). The van der Waals surface area contributed by atoms with E-state index in [-0.39, 0.29) is 0 Å². The molecule has 0 saturated heterocycles. The van der Waals surface area contributed by atoms with Crippen molar-refractivity contribution in [2.75, 3.05) is 0 Å². The second-order valence-electron chi connectivity index (χ2n) is 5.69. The Labute approximate surface area is 138 Å². The molecule has 2 aromatic carbocycles. The second-order valence-corrected chi connectivity index (χ2v) is 5.69. The molecule has 0 saturated carbocycles. The Bertz CT molecular complexity index is 821. The molecule has 23 heavy (non-hydrogen) atoms. The molecule has 0 radical (unpaired) electrons. The van der Waals surface area contributed by atoms with Crippen LogP contribution in [0, 0.1) is 20.8 Å². The zero-order valence-corrected chi connectivity index (χ0v) is 14.1. The van der Waals surface area contributed by atoms with E-state index < -0.39 is 0 Å². The molecule has 0 unspecified atom stereocenters. The van der Waals surface area contributed by atoms with E-state index in [0.29, 0.717) is 0 Å². The van der Waals surface area contributed by atoms with Gasteiger partial charge in [0.25, 0.3) is 0 Å². The Morgan fingerprint density at radius 3 is 2.17 bits per heavy atom. The van der Waals surface area contributed by atoms with E-state index in [0.717, 1.165) is 0 Å². The Balaban J connectivity index is 0.000000595. The first-order valence-corrected chi connectivity index (χ1v) is 7.71. The SMILES string of the molecule is C=CN.Cc1ccc(/C=C/c2[nH]c3cc(C)ccc3c2C)cc1. The van der Waals surface area contributed by atoms with Crippen LogP contribution in [0.1, 0.15) is 27.9 Å². The first kappa shape index (κ1) is 16.6. The van der Waals surface area contributed by atoms with Gasteiger partial charge in [0.15, 0.2) is 0 Å². The first-order chi connectivity index (χ1) is 11.0. The number of H-pyrrole nitrogens is 1. The van der Waals surface area contributed by atoms with Gasteiger partial charge in [0.05, 0.1) is 0 Å². The summed E-state index contributed by atoms with van der Waals surface area (Å²) in [5.41, 5.74) is 12.1. The molecule has 0 spiro atoms. The van der Waals surface area contributed by atoms with E-state index in [9.17, 15) is 0 Å². The Morgan fingerprint density at radius 2 is 1.52 bits per heavy atom. The van der Waals surface area contributed by atoms with Gasteiger partial charge in [-0.3, -0.25) is 0 Å². The van der Waals surface area contributed by atoms with Crippen molar-refractivity contribution in [1.82, 2.24) is 4.98 Å². The van der Waals surface area contributed by atoms with Gasteiger partial charge in [-0.2, -0.15) is 0 Å². The average molecular weight is 304 g/mol. The first-order valence-electron chi connectivity index (χ1n) is 7.71. The number of hydrogen-bond donors (Lipinski definition) is 2. The van der Waals surface area contributed by atoms with Crippen LogP contribution >= 0.6 is 0 Å². The number of nitrogens with two attached hydrogens (primary N) is 1. The Hall–Kier alpha value is -2.74. The lowest BCUT2D eigenvalue weighted by Crippen LogP contribution is -1.76. The summed E-state index contributed by atoms with van der Waals surface area (Å²) in [4.78, 5) is 3.50. The number of aromatic amines is 1. The fraction of sp³-hybridized carbons (Fsp3) is 0.143. The Morgan fingerprint density at radius 1 is 0.913 bits per heavy atom. The molecule has 118 valence electrons. The molecule has 2 heteroatoms. The summed E-state index contributed by atoms with van der Waals surface area (Å²) in [6.07, 6.45) is 5.57. The third-order valence-corrected chi connectivity index (χ3v) is 3.77. The normalized spacial score (nSPS) is 10.6. The number of fused-ring (bicyclic) bond motifs is 1. The van der Waals surface area contributed by atoms with Gasteiger partial charge in [-0.05, 0) is 55.8 Å². The fourth-order valence-electron chi connectivity index (χ4n) is 2.50. The summed E-state index contributed by atoms with van der Waals surface area (Å²) >= 11 is 0. The van der Waals surface area contributed by atoms with E-state index in [1.807, 2.05) is 0 Å². The van der Waals surface area contributed by atoms with Crippen molar-refractivity contribution in [3.05, 3.63) is 83.2 Å². The molecular formula is C21H24N2. The van der Waals surface area contributed by atoms with Crippen molar-refractivity contribution >= 4 is 23.1 Å². The highest BCUT2D eigenvalue weighted by Gasteiger charge is 2.04. The van der Waals surface area contributed by atoms with Crippen LogP contribution in [0.15, 0.2) is 55.2 Å². The number of aryl methyl sites for hydroxylation is 3. The summed E-state index contributed by atoms with van der Waals surface area (Å²) in [5.74, 6) is 0. The van der Waals surface area contributed by atoms with Gasteiger partial charge in [0, 0.05) is 16.6 Å². The van der Waals surface area contributed by atoms with Crippen LogP contribution in [0.5, 0.6) is 0 Å². The number of aromatic nitrogens is 1. The number of hydrogen-bond acceptors (Lipinski definition) is 1. The van der Waals surface area contributed by atoms with E-state index in [1.165, 1.54) is 45.1 Å².